The van der Waals surface area contributed by atoms with E-state index in [0.717, 1.165) is 18.4 Å². The molecule has 0 atom stereocenters. The zero-order chi connectivity index (χ0) is 28.0. The summed E-state index contributed by atoms with van der Waals surface area (Å²) < 4.78 is 11.1. The van der Waals surface area contributed by atoms with E-state index in [2.05, 4.69) is 27.6 Å². The standard InChI is InChI=1S/C21H19N3O2.C5H13NO.2C2H6/c1-13(2)25-19-10-9-15(11-16(19)12-22)21-23-20(24-26-21)18-8-4-6-14-5-3-7-17(14)18;1-5(2,7)4-6-3;2*1-2/h4,6,8-11,13H,3,5,7H2,1-2H3;6-7H,4H2,1-3H3;2*1-2H3. The molecule has 2 N–H and O–H groups in total. The Hall–Kier alpha value is -3.21. The van der Waals surface area contributed by atoms with Gasteiger partial charge in [-0.2, -0.15) is 10.2 Å². The van der Waals surface area contributed by atoms with Gasteiger partial charge in [-0.1, -0.05) is 51.1 Å². The second-order valence-electron chi connectivity index (χ2n) is 9.05. The van der Waals surface area contributed by atoms with Gasteiger partial charge in [-0.15, -0.1) is 0 Å². The normalized spacial score (nSPS) is 11.6. The summed E-state index contributed by atoms with van der Waals surface area (Å²) in [5, 5.41) is 25.4. The molecule has 0 fully saturated rings. The van der Waals surface area contributed by atoms with Crippen molar-refractivity contribution in [2.45, 2.75) is 86.4 Å². The molecule has 2 aromatic carbocycles. The van der Waals surface area contributed by atoms with Crippen LogP contribution in [-0.4, -0.2) is 40.5 Å². The number of hydrogen-bond donors (Lipinski definition) is 2. The van der Waals surface area contributed by atoms with Crippen LogP contribution >= 0.6 is 0 Å². The minimum atomic E-state index is -0.561. The molecule has 0 amide bonds. The fourth-order valence-electron chi connectivity index (χ4n) is 3.82. The predicted molar refractivity (Wildman–Crippen MR) is 151 cm³/mol. The molecule has 0 unspecified atom stereocenters. The average Bonchev–Trinajstić information content (AvgIpc) is 3.56. The monoisotopic (exact) mass is 508 g/mol. The second-order valence-corrected chi connectivity index (χ2v) is 9.05. The highest BCUT2D eigenvalue weighted by Gasteiger charge is 2.20. The molecular formula is C30H44N4O3. The highest BCUT2D eigenvalue weighted by Crippen LogP contribution is 2.32. The van der Waals surface area contributed by atoms with Crippen molar-refractivity contribution in [2.24, 2.45) is 0 Å². The van der Waals surface area contributed by atoms with E-state index >= 15 is 0 Å². The van der Waals surface area contributed by atoms with Crippen molar-refractivity contribution in [2.75, 3.05) is 13.6 Å². The quantitative estimate of drug-likeness (QED) is 0.387. The summed E-state index contributed by atoms with van der Waals surface area (Å²) in [6.07, 6.45) is 3.33. The first-order valence-corrected chi connectivity index (χ1v) is 13.2. The van der Waals surface area contributed by atoms with Crippen molar-refractivity contribution in [1.29, 1.82) is 5.26 Å². The molecule has 7 nitrogen and oxygen atoms in total. The van der Waals surface area contributed by atoms with Crippen LogP contribution in [-0.2, 0) is 12.8 Å². The van der Waals surface area contributed by atoms with E-state index in [1.807, 2.05) is 66.8 Å². The first-order valence-electron chi connectivity index (χ1n) is 13.2. The number of benzene rings is 2. The smallest absolute Gasteiger partial charge is 0.258 e. The lowest BCUT2D eigenvalue weighted by Crippen LogP contribution is -2.32. The summed E-state index contributed by atoms with van der Waals surface area (Å²) in [6.45, 7) is 16.0. The molecule has 7 heteroatoms. The van der Waals surface area contributed by atoms with Crippen molar-refractivity contribution in [3.05, 3.63) is 53.1 Å². The van der Waals surface area contributed by atoms with Gasteiger partial charge in [0, 0.05) is 17.7 Å². The van der Waals surface area contributed by atoms with Gasteiger partial charge in [0.2, 0.25) is 5.82 Å². The van der Waals surface area contributed by atoms with Crippen LogP contribution in [0.2, 0.25) is 0 Å². The van der Waals surface area contributed by atoms with Gasteiger partial charge < -0.3 is 19.7 Å². The molecule has 0 bridgehead atoms. The first-order chi connectivity index (χ1) is 17.7. The fraction of sp³-hybridized carbons (Fsp3) is 0.500. The van der Waals surface area contributed by atoms with Gasteiger partial charge in [-0.25, -0.2) is 0 Å². The predicted octanol–water partition coefficient (Wildman–Crippen LogP) is 6.58. The Kier molecular flexibility index (Phi) is 13.6. The molecule has 1 aliphatic rings. The topological polar surface area (TPSA) is 104 Å². The van der Waals surface area contributed by atoms with E-state index in [4.69, 9.17) is 14.4 Å². The molecule has 0 radical (unpaired) electrons. The van der Waals surface area contributed by atoms with Crippen molar-refractivity contribution in [1.82, 2.24) is 15.5 Å². The Labute approximate surface area is 222 Å². The molecule has 0 saturated carbocycles. The molecule has 1 aliphatic carbocycles. The number of nitrogens with one attached hydrogen (secondary N) is 1. The molecular weight excluding hydrogens is 464 g/mol. The maximum Gasteiger partial charge on any atom is 0.258 e. The molecule has 0 spiro atoms. The summed E-state index contributed by atoms with van der Waals surface area (Å²) in [7, 11) is 1.82. The maximum absolute atomic E-state index is 9.40. The van der Waals surface area contributed by atoms with Gasteiger partial charge in [0.1, 0.15) is 11.8 Å². The minimum absolute atomic E-state index is 0.00290. The molecule has 0 aliphatic heterocycles. The van der Waals surface area contributed by atoms with Crippen LogP contribution in [0.5, 0.6) is 5.75 Å². The zero-order valence-corrected chi connectivity index (χ0v) is 24.0. The number of hydrogen-bond acceptors (Lipinski definition) is 7. The lowest BCUT2D eigenvalue weighted by atomic mass is 10.0. The molecule has 202 valence electrons. The van der Waals surface area contributed by atoms with Crippen molar-refractivity contribution in [3.63, 3.8) is 0 Å². The number of rotatable bonds is 6. The first kappa shape index (κ1) is 31.8. The Balaban J connectivity index is 0.000000535. The molecule has 37 heavy (non-hydrogen) atoms. The van der Waals surface area contributed by atoms with E-state index in [-0.39, 0.29) is 6.10 Å². The number of aliphatic hydroxyl groups is 1. The SMILES string of the molecule is CC.CC.CC(C)Oc1ccc(-c2nc(-c3cccc4c3CCC4)no2)cc1C#N.CNCC(C)(C)O. The van der Waals surface area contributed by atoms with Gasteiger partial charge in [0.15, 0.2) is 0 Å². The zero-order valence-electron chi connectivity index (χ0n) is 24.0. The number of aromatic nitrogens is 2. The summed E-state index contributed by atoms with van der Waals surface area (Å²) in [5.74, 6) is 1.56. The number of nitriles is 1. The van der Waals surface area contributed by atoms with Gasteiger partial charge in [-0.05, 0) is 83.3 Å². The summed E-state index contributed by atoms with van der Waals surface area (Å²) in [4.78, 5) is 4.57. The van der Waals surface area contributed by atoms with Gasteiger partial charge in [0.05, 0.1) is 17.3 Å². The lowest BCUT2D eigenvalue weighted by Gasteiger charge is -2.14. The van der Waals surface area contributed by atoms with E-state index in [9.17, 15) is 5.26 Å². The van der Waals surface area contributed by atoms with Crippen LogP contribution in [0.25, 0.3) is 22.8 Å². The average molecular weight is 509 g/mol. The minimum Gasteiger partial charge on any atom is -0.490 e. The molecule has 4 rings (SSSR count). The largest absolute Gasteiger partial charge is 0.490 e. The van der Waals surface area contributed by atoms with Crippen LogP contribution in [0.3, 0.4) is 0 Å². The molecule has 1 aromatic heterocycles. The van der Waals surface area contributed by atoms with Crippen molar-refractivity contribution in [3.8, 4) is 34.7 Å². The Morgan fingerprint density at radius 2 is 1.84 bits per heavy atom. The van der Waals surface area contributed by atoms with Crippen LogP contribution in [0.4, 0.5) is 0 Å². The second kappa shape index (κ2) is 15.8. The fourth-order valence-corrected chi connectivity index (χ4v) is 3.82. The third kappa shape index (κ3) is 9.64. The molecule has 1 heterocycles. The van der Waals surface area contributed by atoms with Crippen molar-refractivity contribution >= 4 is 0 Å². The molecule has 3 aromatic rings. The Morgan fingerprint density at radius 1 is 1.14 bits per heavy atom. The van der Waals surface area contributed by atoms with Gasteiger partial charge in [0.25, 0.3) is 5.89 Å². The van der Waals surface area contributed by atoms with Crippen LogP contribution in [0.15, 0.2) is 40.9 Å². The third-order valence-corrected chi connectivity index (χ3v) is 5.13. The van der Waals surface area contributed by atoms with E-state index < -0.39 is 5.60 Å². The number of ether oxygens (including phenoxy) is 1. The third-order valence-electron chi connectivity index (χ3n) is 5.13. The summed E-state index contributed by atoms with van der Waals surface area (Å²) >= 11 is 0. The van der Waals surface area contributed by atoms with E-state index in [1.54, 1.807) is 26.0 Å². The van der Waals surface area contributed by atoms with Crippen molar-refractivity contribution < 1.29 is 14.4 Å². The van der Waals surface area contributed by atoms with Gasteiger partial charge >= 0.3 is 0 Å². The Bertz CT molecular complexity index is 1120. The van der Waals surface area contributed by atoms with E-state index in [1.165, 1.54) is 17.5 Å². The highest BCUT2D eigenvalue weighted by molar-refractivity contribution is 5.66. The maximum atomic E-state index is 9.40. The molecule has 0 saturated heterocycles. The van der Waals surface area contributed by atoms with Crippen LogP contribution < -0.4 is 10.1 Å². The van der Waals surface area contributed by atoms with Crippen LogP contribution in [0.1, 0.15) is 78.5 Å². The number of likely N-dealkylation sites (N-methyl/N-ethyl adjacent to an activating group) is 1. The number of aryl methyl sites for hydroxylation is 1. The number of nitrogens with zero attached hydrogens (tertiary/aromatic N) is 3. The highest BCUT2D eigenvalue weighted by atomic mass is 16.5. The lowest BCUT2D eigenvalue weighted by molar-refractivity contribution is 0.0821. The summed E-state index contributed by atoms with van der Waals surface area (Å²) in [5.41, 5.74) is 4.33. The van der Waals surface area contributed by atoms with Gasteiger partial charge in [-0.3, -0.25) is 0 Å². The van der Waals surface area contributed by atoms with Crippen LogP contribution in [0, 0.1) is 11.3 Å². The Morgan fingerprint density at radius 3 is 2.41 bits per heavy atom. The van der Waals surface area contributed by atoms with E-state index in [0.29, 0.717) is 35.1 Å². The summed E-state index contributed by atoms with van der Waals surface area (Å²) in [6, 6.07) is 13.8. The number of fused-ring (bicyclic) bond motifs is 1.